The molecule has 1 heterocycles. The fraction of sp³-hybridized carbons (Fsp3) is 0.154. The van der Waals surface area contributed by atoms with E-state index in [-0.39, 0.29) is 11.3 Å². The van der Waals surface area contributed by atoms with Crippen molar-refractivity contribution >= 4 is 12.0 Å². The van der Waals surface area contributed by atoms with Crippen LogP contribution >= 0.6 is 0 Å². The topological polar surface area (TPSA) is 95.1 Å². The van der Waals surface area contributed by atoms with Gasteiger partial charge in [0.1, 0.15) is 0 Å². The van der Waals surface area contributed by atoms with E-state index in [4.69, 9.17) is 0 Å². The Kier molecular flexibility index (Phi) is 3.69. The number of nitrogens with zero attached hydrogens (tertiary/aromatic N) is 3. The minimum atomic E-state index is -0.499. The molecule has 20 heavy (non-hydrogen) atoms. The molecule has 0 bridgehead atoms. The van der Waals surface area contributed by atoms with Crippen LogP contribution < -0.4 is 5.56 Å². The van der Waals surface area contributed by atoms with Crippen molar-refractivity contribution < 1.29 is 9.72 Å². The summed E-state index contributed by atoms with van der Waals surface area (Å²) < 4.78 is 1.18. The van der Waals surface area contributed by atoms with Crippen LogP contribution in [0.2, 0.25) is 0 Å². The number of carbonyl (C=O) groups is 1. The van der Waals surface area contributed by atoms with Gasteiger partial charge in [0.05, 0.1) is 16.2 Å². The minimum Gasteiger partial charge on any atom is -0.298 e. The van der Waals surface area contributed by atoms with E-state index in [1.807, 2.05) is 0 Å². The van der Waals surface area contributed by atoms with Crippen LogP contribution in [0.1, 0.15) is 17.3 Å². The molecule has 1 aromatic carbocycles. The normalized spacial score (nSPS) is 10.2. The highest BCUT2D eigenvalue weighted by Gasteiger charge is 2.10. The molecule has 7 nitrogen and oxygen atoms in total. The highest BCUT2D eigenvalue weighted by Crippen LogP contribution is 2.20. The van der Waals surface area contributed by atoms with Crippen molar-refractivity contribution in [2.24, 2.45) is 0 Å². The zero-order valence-corrected chi connectivity index (χ0v) is 10.6. The average molecular weight is 273 g/mol. The zero-order valence-electron chi connectivity index (χ0n) is 10.6. The molecule has 0 aliphatic carbocycles. The van der Waals surface area contributed by atoms with E-state index in [1.165, 1.54) is 35.0 Å². The first-order valence-corrected chi connectivity index (χ1v) is 5.89. The van der Waals surface area contributed by atoms with E-state index in [2.05, 4.69) is 5.10 Å². The van der Waals surface area contributed by atoms with Gasteiger partial charge in [-0.2, -0.15) is 5.10 Å². The van der Waals surface area contributed by atoms with Crippen molar-refractivity contribution in [2.75, 3.05) is 0 Å². The molecule has 0 fully saturated rings. The third-order valence-corrected chi connectivity index (χ3v) is 2.80. The number of rotatable bonds is 4. The predicted octanol–water partition coefficient (Wildman–Crippen LogP) is 1.65. The van der Waals surface area contributed by atoms with Crippen molar-refractivity contribution in [3.05, 3.63) is 56.4 Å². The van der Waals surface area contributed by atoms with Crippen LogP contribution in [0.5, 0.6) is 0 Å². The van der Waals surface area contributed by atoms with Gasteiger partial charge in [0, 0.05) is 24.2 Å². The van der Waals surface area contributed by atoms with E-state index in [9.17, 15) is 19.7 Å². The lowest BCUT2D eigenvalue weighted by Crippen LogP contribution is -2.25. The molecule has 0 aliphatic heterocycles. The van der Waals surface area contributed by atoms with Crippen molar-refractivity contribution in [1.82, 2.24) is 9.78 Å². The molecule has 0 N–H and O–H groups in total. The lowest BCUT2D eigenvalue weighted by atomic mass is 10.1. The summed E-state index contributed by atoms with van der Waals surface area (Å²) >= 11 is 0. The first-order chi connectivity index (χ1) is 9.56. The molecular weight excluding hydrogens is 262 g/mol. The maximum Gasteiger partial charge on any atom is 0.277 e. The second-order valence-electron chi connectivity index (χ2n) is 4.03. The standard InChI is InChI=1S/C13H11N3O4/c1-2-15-13(18)10(8-17)7-12(14-15)9-3-5-11(6-4-9)16(19)20/h3-8H,2H2,1H3. The largest absolute Gasteiger partial charge is 0.298 e. The van der Waals surface area contributed by atoms with Crippen molar-refractivity contribution in [2.45, 2.75) is 13.5 Å². The molecule has 2 aromatic rings. The van der Waals surface area contributed by atoms with Crippen LogP contribution in [-0.4, -0.2) is 21.0 Å². The Labute approximate surface area is 113 Å². The van der Waals surface area contributed by atoms with Gasteiger partial charge in [-0.25, -0.2) is 4.68 Å². The summed E-state index contributed by atoms with van der Waals surface area (Å²) in [6, 6.07) is 7.12. The third kappa shape index (κ3) is 2.46. The van der Waals surface area contributed by atoms with Crippen LogP contribution in [0.15, 0.2) is 35.1 Å². The van der Waals surface area contributed by atoms with E-state index in [0.29, 0.717) is 24.1 Å². The summed E-state index contributed by atoms with van der Waals surface area (Å²) in [6.45, 7) is 2.07. The first-order valence-electron chi connectivity index (χ1n) is 5.89. The molecular formula is C13H11N3O4. The zero-order chi connectivity index (χ0) is 14.7. The number of nitro benzene ring substituents is 1. The predicted molar refractivity (Wildman–Crippen MR) is 71.6 cm³/mol. The molecule has 0 saturated heterocycles. The molecule has 0 aliphatic rings. The number of aryl methyl sites for hydroxylation is 1. The third-order valence-electron chi connectivity index (χ3n) is 2.80. The highest BCUT2D eigenvalue weighted by molar-refractivity contribution is 5.77. The van der Waals surface area contributed by atoms with Gasteiger partial charge in [0.25, 0.3) is 11.2 Å². The molecule has 0 spiro atoms. The second kappa shape index (κ2) is 5.43. The summed E-state index contributed by atoms with van der Waals surface area (Å²) in [7, 11) is 0. The molecule has 0 saturated carbocycles. The van der Waals surface area contributed by atoms with Crippen molar-refractivity contribution in [3.63, 3.8) is 0 Å². The first kappa shape index (κ1) is 13.6. The fourth-order valence-electron chi connectivity index (χ4n) is 1.76. The number of hydrogen-bond acceptors (Lipinski definition) is 5. The van der Waals surface area contributed by atoms with Gasteiger partial charge < -0.3 is 0 Å². The van der Waals surface area contributed by atoms with Crippen LogP contribution in [0.4, 0.5) is 5.69 Å². The molecule has 1 aromatic heterocycles. The van der Waals surface area contributed by atoms with Gasteiger partial charge >= 0.3 is 0 Å². The summed E-state index contributed by atoms with van der Waals surface area (Å²) in [6.07, 6.45) is 0.477. The van der Waals surface area contributed by atoms with Gasteiger partial charge in [-0.15, -0.1) is 0 Å². The monoisotopic (exact) mass is 273 g/mol. The highest BCUT2D eigenvalue weighted by atomic mass is 16.6. The van der Waals surface area contributed by atoms with E-state index >= 15 is 0 Å². The number of aromatic nitrogens is 2. The van der Waals surface area contributed by atoms with Crippen LogP contribution in [0.25, 0.3) is 11.3 Å². The average Bonchev–Trinajstić information content (AvgIpc) is 2.47. The number of hydrogen-bond donors (Lipinski definition) is 0. The molecule has 2 rings (SSSR count). The maximum absolute atomic E-state index is 11.7. The number of aldehydes is 1. The second-order valence-corrected chi connectivity index (χ2v) is 4.03. The van der Waals surface area contributed by atoms with Crippen LogP contribution in [-0.2, 0) is 6.54 Å². The van der Waals surface area contributed by atoms with Gasteiger partial charge in [-0.1, -0.05) is 0 Å². The summed E-state index contributed by atoms with van der Waals surface area (Å²) in [4.78, 5) is 32.7. The number of nitro groups is 1. The van der Waals surface area contributed by atoms with E-state index in [1.54, 1.807) is 6.92 Å². The maximum atomic E-state index is 11.7. The molecule has 102 valence electrons. The SMILES string of the molecule is CCn1nc(-c2ccc([N+](=O)[O-])cc2)cc(C=O)c1=O. The quantitative estimate of drug-likeness (QED) is 0.479. The van der Waals surface area contributed by atoms with E-state index in [0.717, 1.165) is 0 Å². The van der Waals surface area contributed by atoms with Crippen LogP contribution in [0, 0.1) is 10.1 Å². The van der Waals surface area contributed by atoms with Gasteiger partial charge in [-0.3, -0.25) is 19.7 Å². The fourth-order valence-corrected chi connectivity index (χ4v) is 1.76. The van der Waals surface area contributed by atoms with Gasteiger partial charge in [0.2, 0.25) is 0 Å². The Morgan fingerprint density at radius 1 is 1.35 bits per heavy atom. The Morgan fingerprint density at radius 3 is 2.50 bits per heavy atom. The molecule has 0 radical (unpaired) electrons. The van der Waals surface area contributed by atoms with Gasteiger partial charge in [0.15, 0.2) is 6.29 Å². The number of benzene rings is 1. The molecule has 0 atom stereocenters. The molecule has 0 unspecified atom stereocenters. The smallest absolute Gasteiger partial charge is 0.277 e. The Morgan fingerprint density at radius 2 is 2.00 bits per heavy atom. The summed E-state index contributed by atoms with van der Waals surface area (Å²) in [5.41, 5.74) is 0.542. The lowest BCUT2D eigenvalue weighted by molar-refractivity contribution is -0.384. The van der Waals surface area contributed by atoms with Crippen molar-refractivity contribution in [3.8, 4) is 11.3 Å². The van der Waals surface area contributed by atoms with E-state index < -0.39 is 10.5 Å². The summed E-state index contributed by atoms with van der Waals surface area (Å²) in [5, 5.41) is 14.7. The Bertz CT molecular complexity index is 719. The molecule has 7 heteroatoms. The number of non-ortho nitro benzene ring substituents is 1. The summed E-state index contributed by atoms with van der Waals surface area (Å²) in [5.74, 6) is 0. The van der Waals surface area contributed by atoms with Crippen LogP contribution in [0.3, 0.4) is 0 Å². The van der Waals surface area contributed by atoms with Crippen molar-refractivity contribution in [1.29, 1.82) is 0 Å². The lowest BCUT2D eigenvalue weighted by Gasteiger charge is -2.06. The Balaban J connectivity index is 2.54. The Hall–Kier alpha value is -2.83. The minimum absolute atomic E-state index is 0.00945. The van der Waals surface area contributed by atoms with Gasteiger partial charge in [-0.05, 0) is 25.1 Å². The number of carbonyl (C=O) groups excluding carboxylic acids is 1. The molecule has 0 amide bonds.